The molecule has 76 valence electrons. The topological polar surface area (TPSA) is 62.4 Å². The molecule has 5 heteroatoms. The van der Waals surface area contributed by atoms with E-state index in [1.54, 1.807) is 7.05 Å². The summed E-state index contributed by atoms with van der Waals surface area (Å²) < 4.78 is 0. The van der Waals surface area contributed by atoms with E-state index in [-0.39, 0.29) is 0 Å². The van der Waals surface area contributed by atoms with Gasteiger partial charge in [0.1, 0.15) is 0 Å². The first-order chi connectivity index (χ1) is 6.67. The number of aryl methyl sites for hydroxylation is 1. The van der Waals surface area contributed by atoms with Gasteiger partial charge in [-0.05, 0) is 24.6 Å². The summed E-state index contributed by atoms with van der Waals surface area (Å²) >= 11 is 5.95. The molecule has 1 aromatic carbocycles. The minimum atomic E-state index is 0.491. The number of benzene rings is 1. The van der Waals surface area contributed by atoms with Crippen molar-refractivity contribution >= 4 is 23.2 Å². The summed E-state index contributed by atoms with van der Waals surface area (Å²) in [6, 6.07) is 5.65. The summed E-state index contributed by atoms with van der Waals surface area (Å²) in [4.78, 5) is 3.88. The van der Waals surface area contributed by atoms with Gasteiger partial charge in [-0.15, -0.1) is 0 Å². The maximum Gasteiger partial charge on any atom is 0.209 e. The van der Waals surface area contributed by atoms with Gasteiger partial charge in [-0.1, -0.05) is 17.7 Å². The number of aliphatic imine (C=N–C) groups is 1. The van der Waals surface area contributed by atoms with Gasteiger partial charge in [0.25, 0.3) is 0 Å². The Labute approximate surface area is 88.1 Å². The number of halogens is 1. The van der Waals surface area contributed by atoms with Crippen molar-refractivity contribution < 1.29 is 0 Å². The zero-order valence-electron chi connectivity index (χ0n) is 8.13. The number of nitrogens with two attached hydrogens (primary N) is 1. The molecule has 0 aliphatic rings. The molecule has 0 radical (unpaired) electrons. The van der Waals surface area contributed by atoms with Crippen LogP contribution in [0.25, 0.3) is 0 Å². The summed E-state index contributed by atoms with van der Waals surface area (Å²) in [6.07, 6.45) is 0. The molecule has 0 fully saturated rings. The number of nitrogens with zero attached hydrogens (tertiary/aromatic N) is 1. The van der Waals surface area contributed by atoms with E-state index in [2.05, 4.69) is 15.7 Å². The minimum Gasteiger partial charge on any atom is -0.325 e. The van der Waals surface area contributed by atoms with E-state index in [0.717, 1.165) is 11.3 Å². The van der Waals surface area contributed by atoms with Gasteiger partial charge >= 0.3 is 0 Å². The van der Waals surface area contributed by atoms with Gasteiger partial charge in [-0.2, -0.15) is 0 Å². The Morgan fingerprint density at radius 3 is 2.71 bits per heavy atom. The molecule has 0 atom stereocenters. The van der Waals surface area contributed by atoms with Crippen LogP contribution in [0.2, 0.25) is 5.02 Å². The first-order valence-corrected chi connectivity index (χ1v) is 4.51. The van der Waals surface area contributed by atoms with Crippen molar-refractivity contribution in [3.05, 3.63) is 28.8 Å². The van der Waals surface area contributed by atoms with E-state index in [4.69, 9.17) is 17.4 Å². The van der Waals surface area contributed by atoms with Gasteiger partial charge in [0, 0.05) is 17.8 Å². The third kappa shape index (κ3) is 2.61. The molecule has 0 aromatic heterocycles. The van der Waals surface area contributed by atoms with E-state index < -0.39 is 0 Å². The van der Waals surface area contributed by atoms with Crippen LogP contribution >= 0.6 is 11.6 Å². The van der Waals surface area contributed by atoms with Gasteiger partial charge < -0.3 is 5.32 Å². The Balaban J connectivity index is 2.82. The molecule has 0 aliphatic carbocycles. The number of hydrogen-bond donors (Lipinski definition) is 3. The first kappa shape index (κ1) is 10.8. The number of nitrogens with one attached hydrogen (secondary N) is 2. The van der Waals surface area contributed by atoms with Crippen LogP contribution < -0.4 is 16.6 Å². The maximum absolute atomic E-state index is 5.95. The molecule has 0 saturated heterocycles. The summed E-state index contributed by atoms with van der Waals surface area (Å²) in [7, 11) is 1.64. The standard InChI is InChI=1S/C9H13ClN4/c1-6-3-4-7(5-8(6)10)13-9(12-2)14-11/h3-5H,11H2,1-2H3,(H2,12,13,14). The van der Waals surface area contributed by atoms with Gasteiger partial charge in [-0.3, -0.25) is 10.4 Å². The zero-order valence-corrected chi connectivity index (χ0v) is 8.89. The molecule has 0 amide bonds. The third-order valence-electron chi connectivity index (χ3n) is 1.79. The second-order valence-corrected chi connectivity index (χ2v) is 3.21. The van der Waals surface area contributed by atoms with Gasteiger partial charge in [0.05, 0.1) is 0 Å². The average Bonchev–Trinajstić information content (AvgIpc) is 2.19. The Bertz CT molecular complexity index is 349. The predicted molar refractivity (Wildman–Crippen MR) is 60.5 cm³/mol. The SMILES string of the molecule is CN=C(NN)Nc1ccc(C)c(Cl)c1. The summed E-state index contributed by atoms with van der Waals surface area (Å²) in [5.41, 5.74) is 4.31. The van der Waals surface area contributed by atoms with Crippen LogP contribution in [-0.2, 0) is 0 Å². The number of anilines is 1. The lowest BCUT2D eigenvalue weighted by Gasteiger charge is -2.08. The minimum absolute atomic E-state index is 0.491. The lowest BCUT2D eigenvalue weighted by molar-refractivity contribution is 1.01. The van der Waals surface area contributed by atoms with Crippen LogP contribution in [0.5, 0.6) is 0 Å². The largest absolute Gasteiger partial charge is 0.325 e. The monoisotopic (exact) mass is 212 g/mol. The molecular weight excluding hydrogens is 200 g/mol. The lowest BCUT2D eigenvalue weighted by atomic mass is 10.2. The van der Waals surface area contributed by atoms with Gasteiger partial charge in [-0.25, -0.2) is 5.84 Å². The Morgan fingerprint density at radius 1 is 1.50 bits per heavy atom. The van der Waals surface area contributed by atoms with Crippen LogP contribution in [0.4, 0.5) is 5.69 Å². The van der Waals surface area contributed by atoms with Crippen molar-refractivity contribution in [3.63, 3.8) is 0 Å². The van der Waals surface area contributed by atoms with Crippen molar-refractivity contribution in [3.8, 4) is 0 Å². The Hall–Kier alpha value is -1.26. The van der Waals surface area contributed by atoms with Crippen molar-refractivity contribution in [1.82, 2.24) is 5.43 Å². The Morgan fingerprint density at radius 2 is 2.21 bits per heavy atom. The molecule has 1 rings (SSSR count). The van der Waals surface area contributed by atoms with Crippen LogP contribution in [0.1, 0.15) is 5.56 Å². The van der Waals surface area contributed by atoms with E-state index in [9.17, 15) is 0 Å². The second-order valence-electron chi connectivity index (χ2n) is 2.81. The van der Waals surface area contributed by atoms with Crippen LogP contribution in [0.15, 0.2) is 23.2 Å². The van der Waals surface area contributed by atoms with Crippen molar-refractivity contribution in [1.29, 1.82) is 0 Å². The predicted octanol–water partition coefficient (Wildman–Crippen LogP) is 1.51. The van der Waals surface area contributed by atoms with Gasteiger partial charge in [0.15, 0.2) is 0 Å². The van der Waals surface area contributed by atoms with Crippen molar-refractivity contribution in [2.24, 2.45) is 10.8 Å². The van der Waals surface area contributed by atoms with Crippen molar-refractivity contribution in [2.75, 3.05) is 12.4 Å². The summed E-state index contributed by atoms with van der Waals surface area (Å²) in [5.74, 6) is 5.71. The second kappa shape index (κ2) is 4.83. The average molecular weight is 213 g/mol. The number of rotatable bonds is 1. The molecule has 1 aromatic rings. The van der Waals surface area contributed by atoms with E-state index in [0.29, 0.717) is 11.0 Å². The van der Waals surface area contributed by atoms with Crippen LogP contribution in [-0.4, -0.2) is 13.0 Å². The highest BCUT2D eigenvalue weighted by atomic mass is 35.5. The number of hydrogen-bond acceptors (Lipinski definition) is 2. The number of hydrazine groups is 1. The molecular formula is C9H13ClN4. The molecule has 0 heterocycles. The molecule has 0 unspecified atom stereocenters. The van der Waals surface area contributed by atoms with E-state index in [1.807, 2.05) is 25.1 Å². The molecule has 4 nitrogen and oxygen atoms in total. The molecule has 4 N–H and O–H groups in total. The van der Waals surface area contributed by atoms with E-state index in [1.165, 1.54) is 0 Å². The molecule has 0 bridgehead atoms. The number of guanidine groups is 1. The lowest BCUT2D eigenvalue weighted by Crippen LogP contribution is -2.36. The third-order valence-corrected chi connectivity index (χ3v) is 2.20. The van der Waals surface area contributed by atoms with Crippen LogP contribution in [0, 0.1) is 6.92 Å². The fourth-order valence-corrected chi connectivity index (χ4v) is 1.14. The zero-order chi connectivity index (χ0) is 10.6. The first-order valence-electron chi connectivity index (χ1n) is 4.14. The molecule has 0 spiro atoms. The highest BCUT2D eigenvalue weighted by molar-refractivity contribution is 6.31. The smallest absolute Gasteiger partial charge is 0.209 e. The summed E-state index contributed by atoms with van der Waals surface area (Å²) in [6.45, 7) is 1.95. The fraction of sp³-hybridized carbons (Fsp3) is 0.222. The normalized spacial score (nSPS) is 11.3. The maximum atomic E-state index is 5.95. The van der Waals surface area contributed by atoms with Crippen molar-refractivity contribution in [2.45, 2.75) is 6.92 Å². The molecule has 0 saturated carbocycles. The quantitative estimate of drug-likeness (QED) is 0.286. The Kier molecular flexibility index (Phi) is 3.73. The molecule has 0 aliphatic heterocycles. The highest BCUT2D eigenvalue weighted by Gasteiger charge is 1.99. The molecule has 14 heavy (non-hydrogen) atoms. The highest BCUT2D eigenvalue weighted by Crippen LogP contribution is 2.19. The van der Waals surface area contributed by atoms with Gasteiger partial charge in [0.2, 0.25) is 5.96 Å². The summed E-state index contributed by atoms with van der Waals surface area (Å²) in [5, 5.41) is 3.69. The van der Waals surface area contributed by atoms with E-state index >= 15 is 0 Å². The van der Waals surface area contributed by atoms with Crippen LogP contribution in [0.3, 0.4) is 0 Å². The fourth-order valence-electron chi connectivity index (χ4n) is 0.964.